The molecular weight excluding hydrogens is 309 g/mol. The van der Waals surface area contributed by atoms with Gasteiger partial charge in [-0.25, -0.2) is 9.78 Å². The van der Waals surface area contributed by atoms with Gasteiger partial charge in [-0.05, 0) is 35.6 Å². The molecule has 15 heavy (non-hydrogen) atoms. The highest BCUT2D eigenvalue weighted by atomic mass is 127. The summed E-state index contributed by atoms with van der Waals surface area (Å²) < 4.78 is 5.67. The Bertz CT molecular complexity index is 509. The predicted molar refractivity (Wildman–Crippen MR) is 62.6 cm³/mol. The first kappa shape index (κ1) is 10.3. The highest BCUT2D eigenvalue weighted by Crippen LogP contribution is 2.20. The van der Waals surface area contributed by atoms with E-state index in [1.54, 1.807) is 19.2 Å². The van der Waals surface area contributed by atoms with Crippen LogP contribution in [-0.2, 0) is 4.74 Å². The fourth-order valence-electron chi connectivity index (χ4n) is 1.29. The SMILES string of the molecule is CCOC(=O)c1ccnc2[nH]nc(I)c12. The van der Waals surface area contributed by atoms with Gasteiger partial charge in [-0.2, -0.15) is 5.10 Å². The lowest BCUT2D eigenvalue weighted by Crippen LogP contribution is -2.05. The third-order valence-electron chi connectivity index (χ3n) is 1.91. The molecule has 0 amide bonds. The molecule has 0 aliphatic carbocycles. The second-order valence-corrected chi connectivity index (χ2v) is 3.84. The fourth-order valence-corrected chi connectivity index (χ4v) is 1.96. The van der Waals surface area contributed by atoms with Crippen molar-refractivity contribution < 1.29 is 9.53 Å². The number of rotatable bonds is 2. The Morgan fingerprint density at radius 2 is 2.47 bits per heavy atom. The number of ether oxygens (including phenoxy) is 1. The molecule has 0 unspecified atom stereocenters. The van der Waals surface area contributed by atoms with Crippen molar-refractivity contribution in [3.05, 3.63) is 21.5 Å². The highest BCUT2D eigenvalue weighted by Gasteiger charge is 2.15. The first-order valence-electron chi connectivity index (χ1n) is 4.39. The number of nitrogens with zero attached hydrogens (tertiary/aromatic N) is 2. The van der Waals surface area contributed by atoms with E-state index in [1.165, 1.54) is 0 Å². The van der Waals surface area contributed by atoms with Crippen LogP contribution < -0.4 is 0 Å². The van der Waals surface area contributed by atoms with Gasteiger partial charge >= 0.3 is 5.97 Å². The van der Waals surface area contributed by atoms with Crippen molar-refractivity contribution in [3.63, 3.8) is 0 Å². The molecule has 6 heteroatoms. The normalized spacial score (nSPS) is 10.5. The third-order valence-corrected chi connectivity index (χ3v) is 2.69. The molecule has 2 aromatic rings. The molecule has 2 rings (SSSR count). The summed E-state index contributed by atoms with van der Waals surface area (Å²) in [4.78, 5) is 15.7. The number of hydrogen-bond acceptors (Lipinski definition) is 4. The number of aromatic amines is 1. The van der Waals surface area contributed by atoms with E-state index >= 15 is 0 Å². The van der Waals surface area contributed by atoms with Crippen molar-refractivity contribution in [2.24, 2.45) is 0 Å². The monoisotopic (exact) mass is 317 g/mol. The topological polar surface area (TPSA) is 67.9 Å². The van der Waals surface area contributed by atoms with Gasteiger partial charge in [0.05, 0.1) is 17.6 Å². The Morgan fingerprint density at radius 1 is 1.67 bits per heavy atom. The Morgan fingerprint density at radius 3 is 3.20 bits per heavy atom. The summed E-state index contributed by atoms with van der Waals surface area (Å²) in [6, 6.07) is 1.64. The van der Waals surface area contributed by atoms with Crippen molar-refractivity contribution in [2.75, 3.05) is 6.61 Å². The van der Waals surface area contributed by atoms with E-state index in [4.69, 9.17) is 4.74 Å². The third kappa shape index (κ3) is 1.81. The van der Waals surface area contributed by atoms with Crippen LogP contribution in [0.15, 0.2) is 12.3 Å². The van der Waals surface area contributed by atoms with Crippen LogP contribution in [0.25, 0.3) is 11.0 Å². The maximum Gasteiger partial charge on any atom is 0.339 e. The van der Waals surface area contributed by atoms with Gasteiger partial charge in [0.2, 0.25) is 0 Å². The minimum atomic E-state index is -0.343. The summed E-state index contributed by atoms with van der Waals surface area (Å²) in [5.74, 6) is -0.343. The van der Waals surface area contributed by atoms with E-state index in [2.05, 4.69) is 37.8 Å². The van der Waals surface area contributed by atoms with Crippen molar-refractivity contribution >= 4 is 39.6 Å². The van der Waals surface area contributed by atoms with Gasteiger partial charge in [-0.3, -0.25) is 5.10 Å². The van der Waals surface area contributed by atoms with Crippen molar-refractivity contribution in [1.82, 2.24) is 15.2 Å². The lowest BCUT2D eigenvalue weighted by Gasteiger charge is -2.02. The standard InChI is InChI=1S/C9H8IN3O2/c1-2-15-9(14)5-3-4-11-8-6(5)7(10)12-13-8/h3-4H,2H2,1H3,(H,11,12,13). The zero-order chi connectivity index (χ0) is 10.8. The van der Waals surface area contributed by atoms with E-state index in [0.717, 1.165) is 9.09 Å². The number of halogens is 1. The van der Waals surface area contributed by atoms with Crippen LogP contribution in [-0.4, -0.2) is 27.8 Å². The summed E-state index contributed by atoms with van der Waals surface area (Å²) in [5.41, 5.74) is 1.10. The maximum absolute atomic E-state index is 11.6. The number of carbonyl (C=O) groups excluding carboxylic acids is 1. The number of H-pyrrole nitrogens is 1. The van der Waals surface area contributed by atoms with Crippen molar-refractivity contribution in [3.8, 4) is 0 Å². The molecule has 0 radical (unpaired) electrons. The van der Waals surface area contributed by atoms with Gasteiger partial charge in [0.15, 0.2) is 5.65 Å². The van der Waals surface area contributed by atoms with Gasteiger partial charge in [-0.1, -0.05) is 0 Å². The van der Waals surface area contributed by atoms with Crippen LogP contribution in [0, 0.1) is 3.70 Å². The van der Waals surface area contributed by atoms with Gasteiger partial charge in [0.25, 0.3) is 0 Å². The number of hydrogen-bond donors (Lipinski definition) is 1. The molecule has 0 spiro atoms. The van der Waals surface area contributed by atoms with Gasteiger partial charge < -0.3 is 4.74 Å². The smallest absolute Gasteiger partial charge is 0.339 e. The van der Waals surface area contributed by atoms with E-state index in [-0.39, 0.29) is 5.97 Å². The number of aromatic nitrogens is 3. The van der Waals surface area contributed by atoms with Gasteiger partial charge in [-0.15, -0.1) is 0 Å². The Kier molecular flexibility index (Phi) is 2.85. The van der Waals surface area contributed by atoms with Gasteiger partial charge in [0.1, 0.15) is 3.70 Å². The summed E-state index contributed by atoms with van der Waals surface area (Å²) in [7, 11) is 0. The Balaban J connectivity index is 2.59. The second-order valence-electron chi connectivity index (χ2n) is 2.82. The molecule has 78 valence electrons. The first-order valence-corrected chi connectivity index (χ1v) is 5.47. The number of pyridine rings is 1. The minimum absolute atomic E-state index is 0.343. The molecule has 2 aromatic heterocycles. The number of esters is 1. The van der Waals surface area contributed by atoms with Crippen LogP contribution in [0.3, 0.4) is 0 Å². The second kappa shape index (κ2) is 4.13. The molecule has 5 nitrogen and oxygen atoms in total. The van der Waals surface area contributed by atoms with E-state index < -0.39 is 0 Å². The van der Waals surface area contributed by atoms with E-state index in [9.17, 15) is 4.79 Å². The van der Waals surface area contributed by atoms with Crippen LogP contribution >= 0.6 is 22.6 Å². The molecule has 0 aromatic carbocycles. The molecule has 0 saturated carbocycles. The lowest BCUT2D eigenvalue weighted by atomic mass is 10.2. The quantitative estimate of drug-likeness (QED) is 0.677. The van der Waals surface area contributed by atoms with Gasteiger partial charge in [0, 0.05) is 6.20 Å². The molecule has 0 aliphatic heterocycles. The summed E-state index contributed by atoms with van der Waals surface area (Å²) in [6.45, 7) is 2.13. The zero-order valence-corrected chi connectivity index (χ0v) is 10.1. The van der Waals surface area contributed by atoms with E-state index in [1.807, 2.05) is 0 Å². The van der Waals surface area contributed by atoms with E-state index in [0.29, 0.717) is 17.8 Å². The molecule has 0 atom stereocenters. The Labute approximate surface area is 99.4 Å². The minimum Gasteiger partial charge on any atom is -0.462 e. The molecule has 0 fully saturated rings. The highest BCUT2D eigenvalue weighted by molar-refractivity contribution is 14.1. The van der Waals surface area contributed by atoms with Crippen LogP contribution in [0.4, 0.5) is 0 Å². The molecular formula is C9H8IN3O2. The summed E-state index contributed by atoms with van der Waals surface area (Å²) in [6.07, 6.45) is 1.56. The molecule has 1 N–H and O–H groups in total. The maximum atomic E-state index is 11.6. The Hall–Kier alpha value is -1.18. The van der Waals surface area contributed by atoms with Crippen LogP contribution in [0.5, 0.6) is 0 Å². The zero-order valence-electron chi connectivity index (χ0n) is 7.95. The predicted octanol–water partition coefficient (Wildman–Crippen LogP) is 1.74. The average molecular weight is 317 g/mol. The summed E-state index contributed by atoms with van der Waals surface area (Å²) in [5, 5.41) is 7.46. The van der Waals surface area contributed by atoms with Crippen molar-refractivity contribution in [2.45, 2.75) is 6.92 Å². The summed E-state index contributed by atoms with van der Waals surface area (Å²) >= 11 is 2.05. The fraction of sp³-hybridized carbons (Fsp3) is 0.222. The first-order chi connectivity index (χ1) is 7.24. The number of nitrogens with one attached hydrogen (secondary N) is 1. The lowest BCUT2D eigenvalue weighted by molar-refractivity contribution is 0.0528. The van der Waals surface area contributed by atoms with Crippen LogP contribution in [0.2, 0.25) is 0 Å². The number of carbonyl (C=O) groups is 1. The van der Waals surface area contributed by atoms with Crippen LogP contribution in [0.1, 0.15) is 17.3 Å². The molecule has 0 saturated heterocycles. The molecule has 0 bridgehead atoms. The average Bonchev–Trinajstić information content (AvgIpc) is 2.61. The molecule has 2 heterocycles. The van der Waals surface area contributed by atoms with Crippen molar-refractivity contribution in [1.29, 1.82) is 0 Å². The largest absolute Gasteiger partial charge is 0.462 e. The number of fused-ring (bicyclic) bond motifs is 1. The molecule has 0 aliphatic rings.